The van der Waals surface area contributed by atoms with Crippen LogP contribution in [0.15, 0.2) is 12.1 Å². The van der Waals surface area contributed by atoms with E-state index in [1.54, 1.807) is 12.1 Å². The van der Waals surface area contributed by atoms with Crippen LogP contribution in [0.3, 0.4) is 0 Å². The molecule has 2 rings (SSSR count). The van der Waals surface area contributed by atoms with Crippen molar-refractivity contribution in [3.63, 3.8) is 0 Å². The van der Waals surface area contributed by atoms with Gasteiger partial charge in [-0.1, -0.05) is 11.6 Å². The Bertz CT molecular complexity index is 273. The minimum Gasteiger partial charge on any atom is -0.475 e. The van der Waals surface area contributed by atoms with Gasteiger partial charge in [-0.25, -0.2) is 0 Å². The third kappa shape index (κ3) is 2.29. The molecule has 0 radical (unpaired) electrons. The predicted octanol–water partition coefficient (Wildman–Crippen LogP) is 0.871. The second kappa shape index (κ2) is 3.89. The van der Waals surface area contributed by atoms with E-state index in [1.807, 2.05) is 0 Å². The molecule has 5 heteroatoms. The molecule has 1 aliphatic rings. The van der Waals surface area contributed by atoms with Crippen molar-refractivity contribution in [1.29, 1.82) is 0 Å². The number of hydrogen-bond donors (Lipinski definition) is 1. The van der Waals surface area contributed by atoms with Crippen molar-refractivity contribution < 1.29 is 4.74 Å². The van der Waals surface area contributed by atoms with Crippen molar-refractivity contribution in [1.82, 2.24) is 15.5 Å². The third-order valence-electron chi connectivity index (χ3n) is 1.97. The fourth-order valence-corrected chi connectivity index (χ4v) is 1.16. The second-order valence-electron chi connectivity index (χ2n) is 2.95. The molecule has 13 heavy (non-hydrogen) atoms. The summed E-state index contributed by atoms with van der Waals surface area (Å²) in [6.45, 7) is 1.73. The third-order valence-corrected chi connectivity index (χ3v) is 2.17. The van der Waals surface area contributed by atoms with E-state index >= 15 is 0 Å². The van der Waals surface area contributed by atoms with Gasteiger partial charge in [0.15, 0.2) is 5.15 Å². The Kier molecular flexibility index (Phi) is 2.61. The second-order valence-corrected chi connectivity index (χ2v) is 3.33. The molecular formula is C8H10ClN3O. The van der Waals surface area contributed by atoms with Gasteiger partial charge in [-0.05, 0) is 19.0 Å². The molecular weight excluding hydrogens is 190 g/mol. The molecule has 0 aromatic carbocycles. The molecule has 0 amide bonds. The summed E-state index contributed by atoms with van der Waals surface area (Å²) in [5, 5.41) is 11.1. The van der Waals surface area contributed by atoms with E-state index in [1.165, 1.54) is 6.42 Å². The van der Waals surface area contributed by atoms with Gasteiger partial charge in [0.05, 0.1) is 0 Å². The molecule has 1 N–H and O–H groups in total. The predicted molar refractivity (Wildman–Crippen MR) is 48.9 cm³/mol. The average Bonchev–Trinajstić information content (AvgIpc) is 2.05. The molecule has 1 aliphatic heterocycles. The minimum atomic E-state index is 0.383. The molecule has 1 atom stereocenters. The van der Waals surface area contributed by atoms with Crippen LogP contribution in [0.2, 0.25) is 5.15 Å². The van der Waals surface area contributed by atoms with Crippen molar-refractivity contribution in [2.45, 2.75) is 12.5 Å². The Balaban J connectivity index is 1.83. The SMILES string of the molecule is Clc1ccc(OC[C@@H]2CCN2)nn1. The van der Waals surface area contributed by atoms with Crippen molar-refractivity contribution in [2.75, 3.05) is 13.2 Å². The Morgan fingerprint density at radius 2 is 2.38 bits per heavy atom. The van der Waals surface area contributed by atoms with Crippen molar-refractivity contribution in [2.24, 2.45) is 0 Å². The maximum atomic E-state index is 5.57. The van der Waals surface area contributed by atoms with Crippen LogP contribution in [0.1, 0.15) is 6.42 Å². The van der Waals surface area contributed by atoms with Gasteiger partial charge < -0.3 is 10.1 Å². The molecule has 1 fully saturated rings. The van der Waals surface area contributed by atoms with Crippen LogP contribution in [0, 0.1) is 0 Å². The number of halogens is 1. The molecule has 4 nitrogen and oxygen atoms in total. The molecule has 0 aliphatic carbocycles. The highest BCUT2D eigenvalue weighted by Gasteiger charge is 2.16. The number of rotatable bonds is 3. The van der Waals surface area contributed by atoms with E-state index in [0.717, 1.165) is 6.54 Å². The molecule has 2 heterocycles. The van der Waals surface area contributed by atoms with Gasteiger partial charge in [-0.3, -0.25) is 0 Å². The number of hydrogen-bond acceptors (Lipinski definition) is 4. The number of aromatic nitrogens is 2. The van der Waals surface area contributed by atoms with Crippen LogP contribution in [0.5, 0.6) is 5.88 Å². The largest absolute Gasteiger partial charge is 0.475 e. The highest BCUT2D eigenvalue weighted by molar-refractivity contribution is 6.29. The van der Waals surface area contributed by atoms with E-state index in [9.17, 15) is 0 Å². The molecule has 1 saturated heterocycles. The summed E-state index contributed by atoms with van der Waals surface area (Å²) in [6.07, 6.45) is 1.17. The van der Waals surface area contributed by atoms with Crippen molar-refractivity contribution in [3.05, 3.63) is 17.3 Å². The molecule has 0 saturated carbocycles. The van der Waals surface area contributed by atoms with E-state index < -0.39 is 0 Å². The summed E-state index contributed by atoms with van der Waals surface area (Å²) >= 11 is 5.57. The van der Waals surface area contributed by atoms with Crippen molar-refractivity contribution in [3.8, 4) is 5.88 Å². The van der Waals surface area contributed by atoms with Crippen LogP contribution < -0.4 is 10.1 Å². The zero-order chi connectivity index (χ0) is 9.10. The zero-order valence-corrected chi connectivity index (χ0v) is 7.79. The summed E-state index contributed by atoms with van der Waals surface area (Å²) in [7, 11) is 0. The lowest BCUT2D eigenvalue weighted by atomic mass is 10.1. The van der Waals surface area contributed by atoms with Gasteiger partial charge >= 0.3 is 0 Å². The Labute approximate surface area is 81.3 Å². The van der Waals surface area contributed by atoms with Gasteiger partial charge in [0.25, 0.3) is 0 Å². The highest BCUT2D eigenvalue weighted by atomic mass is 35.5. The van der Waals surface area contributed by atoms with Gasteiger partial charge in [-0.2, -0.15) is 0 Å². The quantitative estimate of drug-likeness (QED) is 0.785. The minimum absolute atomic E-state index is 0.383. The summed E-state index contributed by atoms with van der Waals surface area (Å²) in [5.41, 5.74) is 0. The fraction of sp³-hybridized carbons (Fsp3) is 0.500. The average molecular weight is 200 g/mol. The summed E-state index contributed by atoms with van der Waals surface area (Å²) in [5.74, 6) is 0.526. The lowest BCUT2D eigenvalue weighted by Crippen LogP contribution is -2.46. The highest BCUT2D eigenvalue weighted by Crippen LogP contribution is 2.10. The Morgan fingerprint density at radius 1 is 1.54 bits per heavy atom. The van der Waals surface area contributed by atoms with E-state index in [0.29, 0.717) is 23.7 Å². The lowest BCUT2D eigenvalue weighted by Gasteiger charge is -2.26. The monoisotopic (exact) mass is 199 g/mol. The van der Waals surface area contributed by atoms with Gasteiger partial charge in [0, 0.05) is 12.1 Å². The first-order chi connectivity index (χ1) is 6.34. The molecule has 1 aromatic rings. The number of ether oxygens (including phenoxy) is 1. The van der Waals surface area contributed by atoms with E-state index in [-0.39, 0.29) is 0 Å². The van der Waals surface area contributed by atoms with Crippen LogP contribution in [-0.4, -0.2) is 29.4 Å². The molecule has 1 aromatic heterocycles. The van der Waals surface area contributed by atoms with Gasteiger partial charge in [0.1, 0.15) is 6.61 Å². The molecule has 0 bridgehead atoms. The van der Waals surface area contributed by atoms with Gasteiger partial charge in [-0.15, -0.1) is 10.2 Å². The maximum Gasteiger partial charge on any atom is 0.233 e. The number of nitrogens with one attached hydrogen (secondary N) is 1. The normalized spacial score (nSPS) is 20.8. The maximum absolute atomic E-state index is 5.57. The van der Waals surface area contributed by atoms with Crippen LogP contribution in [0.4, 0.5) is 0 Å². The van der Waals surface area contributed by atoms with E-state index in [4.69, 9.17) is 16.3 Å². The zero-order valence-electron chi connectivity index (χ0n) is 7.03. The first kappa shape index (κ1) is 8.72. The Hall–Kier alpha value is -0.870. The molecule has 0 spiro atoms. The topological polar surface area (TPSA) is 47.0 Å². The fourth-order valence-electron chi connectivity index (χ4n) is 1.06. The van der Waals surface area contributed by atoms with Crippen molar-refractivity contribution >= 4 is 11.6 Å². The Morgan fingerprint density at radius 3 is 2.92 bits per heavy atom. The van der Waals surface area contributed by atoms with Gasteiger partial charge in [0.2, 0.25) is 5.88 Å². The lowest BCUT2D eigenvalue weighted by molar-refractivity contribution is 0.209. The van der Waals surface area contributed by atoms with E-state index in [2.05, 4.69) is 15.5 Å². The summed E-state index contributed by atoms with van der Waals surface area (Å²) < 4.78 is 5.37. The first-order valence-corrected chi connectivity index (χ1v) is 4.58. The standard InChI is InChI=1S/C8H10ClN3O/c9-7-1-2-8(12-11-7)13-5-6-3-4-10-6/h1-2,6,10H,3-5H2/t6-/m0/s1. The first-order valence-electron chi connectivity index (χ1n) is 4.20. The van der Waals surface area contributed by atoms with Crippen LogP contribution in [0.25, 0.3) is 0 Å². The summed E-state index contributed by atoms with van der Waals surface area (Å²) in [6, 6.07) is 3.85. The smallest absolute Gasteiger partial charge is 0.233 e. The molecule has 70 valence electrons. The van der Waals surface area contributed by atoms with Crippen LogP contribution in [-0.2, 0) is 0 Å². The van der Waals surface area contributed by atoms with Crippen LogP contribution >= 0.6 is 11.6 Å². The summed E-state index contributed by atoms with van der Waals surface area (Å²) in [4.78, 5) is 0. The molecule has 0 unspecified atom stereocenters. The number of nitrogens with zero attached hydrogens (tertiary/aromatic N) is 2.